The van der Waals surface area contributed by atoms with Crippen LogP contribution in [0.3, 0.4) is 0 Å². The number of carbonyl (C=O) groups is 1. The summed E-state index contributed by atoms with van der Waals surface area (Å²) >= 11 is 0. The molecule has 0 bridgehead atoms. The van der Waals surface area contributed by atoms with Crippen molar-refractivity contribution in [3.05, 3.63) is 29.8 Å². The van der Waals surface area contributed by atoms with Gasteiger partial charge >= 0.3 is 5.97 Å². The van der Waals surface area contributed by atoms with Gasteiger partial charge in [-0.2, -0.15) is 0 Å². The van der Waals surface area contributed by atoms with E-state index in [1.807, 2.05) is 24.3 Å². The standard InChI is InChI=1S/C17H25NO3/c1-18(15-5-3-2-4-6-15)11-12-21-16-9-7-14(8-10-16)13-17(19)20/h7-10,15H,2-6,11-13H2,1H3,(H,19,20). The average molecular weight is 291 g/mol. The van der Waals surface area contributed by atoms with Crippen molar-refractivity contribution in [2.75, 3.05) is 20.2 Å². The number of nitrogens with zero attached hydrogens (tertiary/aromatic N) is 1. The number of hydrogen-bond acceptors (Lipinski definition) is 3. The minimum atomic E-state index is -0.808. The van der Waals surface area contributed by atoms with Gasteiger partial charge in [-0.25, -0.2) is 0 Å². The summed E-state index contributed by atoms with van der Waals surface area (Å²) in [6.45, 7) is 1.60. The molecule has 0 unspecified atom stereocenters. The van der Waals surface area contributed by atoms with Crippen molar-refractivity contribution in [2.45, 2.75) is 44.6 Å². The predicted octanol–water partition coefficient (Wildman–Crippen LogP) is 2.96. The molecule has 0 aromatic heterocycles. The van der Waals surface area contributed by atoms with Crippen molar-refractivity contribution < 1.29 is 14.6 Å². The Morgan fingerprint density at radius 1 is 1.24 bits per heavy atom. The molecule has 4 heteroatoms. The van der Waals surface area contributed by atoms with Gasteiger partial charge in [0.05, 0.1) is 6.42 Å². The van der Waals surface area contributed by atoms with Crippen LogP contribution in [0.15, 0.2) is 24.3 Å². The maximum absolute atomic E-state index is 10.6. The Bertz CT molecular complexity index is 438. The third kappa shape index (κ3) is 5.38. The first-order chi connectivity index (χ1) is 10.1. The second kappa shape index (κ2) is 8.03. The van der Waals surface area contributed by atoms with E-state index in [4.69, 9.17) is 9.84 Å². The second-order valence-corrected chi connectivity index (χ2v) is 5.84. The van der Waals surface area contributed by atoms with Crippen LogP contribution in [0, 0.1) is 0 Å². The Morgan fingerprint density at radius 3 is 2.52 bits per heavy atom. The number of benzene rings is 1. The van der Waals surface area contributed by atoms with E-state index in [1.54, 1.807) is 0 Å². The Morgan fingerprint density at radius 2 is 1.90 bits per heavy atom. The van der Waals surface area contributed by atoms with Crippen LogP contribution in [-0.2, 0) is 11.2 Å². The van der Waals surface area contributed by atoms with Crippen molar-refractivity contribution in [2.24, 2.45) is 0 Å². The molecular formula is C17H25NO3. The molecule has 1 aromatic rings. The third-order valence-corrected chi connectivity index (χ3v) is 4.19. The molecule has 1 aliphatic carbocycles. The van der Waals surface area contributed by atoms with Crippen LogP contribution in [0.25, 0.3) is 0 Å². The highest BCUT2D eigenvalue weighted by Gasteiger charge is 2.17. The van der Waals surface area contributed by atoms with Crippen LogP contribution < -0.4 is 4.74 Å². The summed E-state index contributed by atoms with van der Waals surface area (Å²) in [5.74, 6) is -0.000965. The number of hydrogen-bond donors (Lipinski definition) is 1. The molecule has 0 atom stereocenters. The second-order valence-electron chi connectivity index (χ2n) is 5.84. The molecule has 0 heterocycles. The largest absolute Gasteiger partial charge is 0.492 e. The van der Waals surface area contributed by atoms with E-state index >= 15 is 0 Å². The normalized spacial score (nSPS) is 16.1. The van der Waals surface area contributed by atoms with E-state index < -0.39 is 5.97 Å². The fourth-order valence-electron chi connectivity index (χ4n) is 2.89. The third-order valence-electron chi connectivity index (χ3n) is 4.19. The summed E-state index contributed by atoms with van der Waals surface area (Å²) in [7, 11) is 2.18. The highest BCUT2D eigenvalue weighted by atomic mass is 16.5. The SMILES string of the molecule is CN(CCOc1ccc(CC(=O)O)cc1)C1CCCCC1. The Kier molecular flexibility index (Phi) is 6.05. The molecule has 1 saturated carbocycles. The van der Waals surface area contributed by atoms with Gasteiger partial charge in [-0.15, -0.1) is 0 Å². The Balaban J connectivity index is 1.71. The van der Waals surface area contributed by atoms with E-state index in [-0.39, 0.29) is 6.42 Å². The zero-order valence-electron chi connectivity index (χ0n) is 12.8. The van der Waals surface area contributed by atoms with Crippen LogP contribution in [-0.4, -0.2) is 42.2 Å². The summed E-state index contributed by atoms with van der Waals surface area (Å²) in [4.78, 5) is 13.0. The molecule has 1 fully saturated rings. The minimum absolute atomic E-state index is 0.0602. The van der Waals surface area contributed by atoms with Crippen LogP contribution in [0.1, 0.15) is 37.7 Å². The number of likely N-dealkylation sites (N-methyl/N-ethyl adjacent to an activating group) is 1. The minimum Gasteiger partial charge on any atom is -0.492 e. The number of ether oxygens (including phenoxy) is 1. The first-order valence-corrected chi connectivity index (χ1v) is 7.79. The molecular weight excluding hydrogens is 266 g/mol. The monoisotopic (exact) mass is 291 g/mol. The van der Waals surface area contributed by atoms with Gasteiger partial charge < -0.3 is 14.7 Å². The van der Waals surface area contributed by atoms with Crippen LogP contribution >= 0.6 is 0 Å². The molecule has 2 rings (SSSR count). The number of aliphatic carboxylic acids is 1. The van der Waals surface area contributed by atoms with Gasteiger partial charge in [-0.3, -0.25) is 4.79 Å². The molecule has 116 valence electrons. The maximum atomic E-state index is 10.6. The quantitative estimate of drug-likeness (QED) is 0.839. The summed E-state index contributed by atoms with van der Waals surface area (Å²) in [6.07, 6.45) is 6.75. The molecule has 1 N–H and O–H groups in total. The topological polar surface area (TPSA) is 49.8 Å². The number of carboxylic acids is 1. The van der Waals surface area contributed by atoms with Crippen molar-refractivity contribution >= 4 is 5.97 Å². The van der Waals surface area contributed by atoms with Crippen LogP contribution in [0.4, 0.5) is 0 Å². The van der Waals surface area contributed by atoms with Gasteiger partial charge in [0, 0.05) is 12.6 Å². The van der Waals surface area contributed by atoms with E-state index in [0.717, 1.165) is 17.9 Å². The van der Waals surface area contributed by atoms with Gasteiger partial charge in [0.2, 0.25) is 0 Å². The van der Waals surface area contributed by atoms with Crippen molar-refractivity contribution in [3.63, 3.8) is 0 Å². The first-order valence-electron chi connectivity index (χ1n) is 7.79. The van der Waals surface area contributed by atoms with Gasteiger partial charge in [0.15, 0.2) is 0 Å². The zero-order chi connectivity index (χ0) is 15.1. The molecule has 4 nitrogen and oxygen atoms in total. The molecule has 1 aromatic carbocycles. The lowest BCUT2D eigenvalue weighted by atomic mass is 9.94. The average Bonchev–Trinajstić information content (AvgIpc) is 2.49. The molecule has 0 aliphatic heterocycles. The van der Waals surface area contributed by atoms with Crippen molar-refractivity contribution in [1.29, 1.82) is 0 Å². The number of carboxylic acid groups (broad SMARTS) is 1. The first kappa shape index (κ1) is 15.8. The Hall–Kier alpha value is -1.55. The van der Waals surface area contributed by atoms with Gasteiger partial charge in [-0.05, 0) is 37.6 Å². The summed E-state index contributed by atoms with van der Waals surface area (Å²) < 4.78 is 5.74. The molecule has 21 heavy (non-hydrogen) atoms. The zero-order valence-corrected chi connectivity index (χ0v) is 12.8. The van der Waals surface area contributed by atoms with Crippen LogP contribution in [0.5, 0.6) is 5.75 Å². The van der Waals surface area contributed by atoms with Crippen molar-refractivity contribution in [3.8, 4) is 5.75 Å². The lowest BCUT2D eigenvalue weighted by Crippen LogP contribution is -2.36. The molecule has 0 amide bonds. The lowest BCUT2D eigenvalue weighted by Gasteiger charge is -2.31. The molecule has 0 saturated heterocycles. The smallest absolute Gasteiger partial charge is 0.307 e. The van der Waals surface area contributed by atoms with E-state index in [0.29, 0.717) is 12.6 Å². The Labute approximate surface area is 126 Å². The molecule has 0 spiro atoms. The van der Waals surface area contributed by atoms with E-state index in [1.165, 1.54) is 32.1 Å². The summed E-state index contributed by atoms with van der Waals surface area (Å²) in [5.41, 5.74) is 0.800. The van der Waals surface area contributed by atoms with Crippen LogP contribution in [0.2, 0.25) is 0 Å². The van der Waals surface area contributed by atoms with Gasteiger partial charge in [-0.1, -0.05) is 31.4 Å². The highest BCUT2D eigenvalue weighted by Crippen LogP contribution is 2.21. The summed E-state index contributed by atoms with van der Waals surface area (Å²) in [5, 5.41) is 8.73. The lowest BCUT2D eigenvalue weighted by molar-refractivity contribution is -0.136. The fourth-order valence-corrected chi connectivity index (χ4v) is 2.89. The summed E-state index contributed by atoms with van der Waals surface area (Å²) in [6, 6.07) is 8.03. The fraction of sp³-hybridized carbons (Fsp3) is 0.588. The van der Waals surface area contributed by atoms with Gasteiger partial charge in [0.25, 0.3) is 0 Å². The molecule has 1 aliphatic rings. The molecule has 0 radical (unpaired) electrons. The van der Waals surface area contributed by atoms with E-state index in [9.17, 15) is 4.79 Å². The van der Waals surface area contributed by atoms with Gasteiger partial charge in [0.1, 0.15) is 12.4 Å². The maximum Gasteiger partial charge on any atom is 0.307 e. The van der Waals surface area contributed by atoms with E-state index in [2.05, 4.69) is 11.9 Å². The highest BCUT2D eigenvalue weighted by molar-refractivity contribution is 5.70. The van der Waals surface area contributed by atoms with Crippen molar-refractivity contribution in [1.82, 2.24) is 4.90 Å². The predicted molar refractivity (Wildman–Crippen MR) is 82.8 cm³/mol. The number of rotatable bonds is 7.